The molecule has 0 atom stereocenters. The van der Waals surface area contributed by atoms with Gasteiger partial charge < -0.3 is 10.6 Å². The SMILES string of the molecule is Fc1cc(F)c(Nc2cc(-c3cccnc3)nc(NC3CC3)n2)c(F)c1. The van der Waals surface area contributed by atoms with E-state index >= 15 is 0 Å². The Labute approximate surface area is 147 Å². The van der Waals surface area contributed by atoms with Gasteiger partial charge in [-0.05, 0) is 25.0 Å². The average molecular weight is 357 g/mol. The lowest BCUT2D eigenvalue weighted by atomic mass is 10.2. The Morgan fingerprint density at radius 1 is 1.00 bits per heavy atom. The number of pyridine rings is 1. The third kappa shape index (κ3) is 3.58. The second-order valence-corrected chi connectivity index (χ2v) is 5.99. The zero-order chi connectivity index (χ0) is 18.1. The van der Waals surface area contributed by atoms with Crippen LogP contribution in [-0.4, -0.2) is 21.0 Å². The number of halogens is 3. The van der Waals surface area contributed by atoms with Crippen molar-refractivity contribution < 1.29 is 13.2 Å². The molecule has 1 aliphatic carbocycles. The van der Waals surface area contributed by atoms with E-state index in [0.29, 0.717) is 29.8 Å². The van der Waals surface area contributed by atoms with Crippen LogP contribution in [0.4, 0.5) is 30.6 Å². The monoisotopic (exact) mass is 357 g/mol. The highest BCUT2D eigenvalue weighted by molar-refractivity contribution is 5.67. The first-order chi connectivity index (χ1) is 12.6. The van der Waals surface area contributed by atoms with E-state index in [4.69, 9.17) is 0 Å². The first-order valence-electron chi connectivity index (χ1n) is 8.06. The third-order valence-electron chi connectivity index (χ3n) is 3.85. The number of hydrogen-bond donors (Lipinski definition) is 2. The summed E-state index contributed by atoms with van der Waals surface area (Å²) in [7, 11) is 0. The Balaban J connectivity index is 1.73. The summed E-state index contributed by atoms with van der Waals surface area (Å²) in [5.41, 5.74) is 0.804. The van der Waals surface area contributed by atoms with Gasteiger partial charge in [-0.1, -0.05) is 0 Å². The molecule has 2 N–H and O–H groups in total. The van der Waals surface area contributed by atoms with Gasteiger partial charge in [0.2, 0.25) is 5.95 Å². The summed E-state index contributed by atoms with van der Waals surface area (Å²) in [6.07, 6.45) is 5.30. The molecule has 26 heavy (non-hydrogen) atoms. The fourth-order valence-electron chi connectivity index (χ4n) is 2.44. The van der Waals surface area contributed by atoms with Crippen molar-refractivity contribution in [1.29, 1.82) is 0 Å². The third-order valence-corrected chi connectivity index (χ3v) is 3.85. The molecule has 0 aliphatic heterocycles. The van der Waals surface area contributed by atoms with Gasteiger partial charge in [-0.2, -0.15) is 4.98 Å². The molecule has 1 aliphatic rings. The van der Waals surface area contributed by atoms with Crippen molar-refractivity contribution in [2.24, 2.45) is 0 Å². The summed E-state index contributed by atoms with van der Waals surface area (Å²) in [5, 5.41) is 5.74. The molecule has 8 heteroatoms. The van der Waals surface area contributed by atoms with Crippen LogP contribution in [0.1, 0.15) is 12.8 Å². The predicted molar refractivity (Wildman–Crippen MR) is 91.5 cm³/mol. The highest BCUT2D eigenvalue weighted by Gasteiger charge is 2.23. The van der Waals surface area contributed by atoms with E-state index in [1.165, 1.54) is 0 Å². The van der Waals surface area contributed by atoms with Gasteiger partial charge in [0.1, 0.15) is 17.3 Å². The fourth-order valence-corrected chi connectivity index (χ4v) is 2.44. The van der Waals surface area contributed by atoms with Crippen LogP contribution in [0.3, 0.4) is 0 Å². The first-order valence-corrected chi connectivity index (χ1v) is 8.06. The van der Waals surface area contributed by atoms with Crippen LogP contribution in [0, 0.1) is 17.5 Å². The summed E-state index contributed by atoms with van der Waals surface area (Å²) < 4.78 is 41.0. The number of nitrogens with zero attached hydrogens (tertiary/aromatic N) is 3. The molecule has 5 nitrogen and oxygen atoms in total. The van der Waals surface area contributed by atoms with Gasteiger partial charge >= 0.3 is 0 Å². The Bertz CT molecular complexity index is 922. The van der Waals surface area contributed by atoms with Crippen LogP contribution in [0.5, 0.6) is 0 Å². The normalized spacial score (nSPS) is 13.5. The minimum absolute atomic E-state index is 0.186. The molecule has 0 spiro atoms. The molecule has 132 valence electrons. The molecule has 1 saturated carbocycles. The lowest BCUT2D eigenvalue weighted by Crippen LogP contribution is -2.08. The van der Waals surface area contributed by atoms with Crippen molar-refractivity contribution in [1.82, 2.24) is 15.0 Å². The smallest absolute Gasteiger partial charge is 0.225 e. The summed E-state index contributed by atoms with van der Waals surface area (Å²) in [4.78, 5) is 12.7. The van der Waals surface area contributed by atoms with Crippen molar-refractivity contribution in [2.45, 2.75) is 18.9 Å². The van der Waals surface area contributed by atoms with Gasteiger partial charge in [-0.25, -0.2) is 18.2 Å². The molecule has 1 aromatic carbocycles. The average Bonchev–Trinajstić information content (AvgIpc) is 3.43. The molecule has 2 heterocycles. The van der Waals surface area contributed by atoms with Gasteiger partial charge in [0.25, 0.3) is 0 Å². The quantitative estimate of drug-likeness (QED) is 0.714. The van der Waals surface area contributed by atoms with Crippen LogP contribution in [0.25, 0.3) is 11.3 Å². The second-order valence-electron chi connectivity index (χ2n) is 5.99. The summed E-state index contributed by atoms with van der Waals surface area (Å²) in [5.74, 6) is -2.53. The molecule has 2 aromatic heterocycles. The highest BCUT2D eigenvalue weighted by atomic mass is 19.1. The summed E-state index contributed by atoms with van der Waals surface area (Å²) in [6.45, 7) is 0. The summed E-state index contributed by atoms with van der Waals surface area (Å²) >= 11 is 0. The molecule has 3 aromatic rings. The Kier molecular flexibility index (Phi) is 4.16. The van der Waals surface area contributed by atoms with Crippen LogP contribution in [0.2, 0.25) is 0 Å². The minimum atomic E-state index is -1.04. The molecule has 0 saturated heterocycles. The van der Waals surface area contributed by atoms with E-state index in [0.717, 1.165) is 18.4 Å². The number of anilines is 3. The van der Waals surface area contributed by atoms with Crippen molar-refractivity contribution in [2.75, 3.05) is 10.6 Å². The zero-order valence-electron chi connectivity index (χ0n) is 13.5. The van der Waals surface area contributed by atoms with Crippen LogP contribution in [-0.2, 0) is 0 Å². The molecular weight excluding hydrogens is 343 g/mol. The van der Waals surface area contributed by atoms with E-state index in [9.17, 15) is 13.2 Å². The minimum Gasteiger partial charge on any atom is -0.351 e. The number of benzene rings is 1. The lowest BCUT2D eigenvalue weighted by molar-refractivity contribution is 0.548. The standard InChI is InChI=1S/C18H14F3N5/c19-11-6-13(20)17(14(21)7-11)25-16-8-15(10-2-1-5-22-9-10)24-18(26-16)23-12-3-4-12/h1-2,5-9,12H,3-4H2,(H2,23,24,25,26). The fraction of sp³-hybridized carbons (Fsp3) is 0.167. The summed E-state index contributed by atoms with van der Waals surface area (Å²) in [6, 6.07) is 6.65. The van der Waals surface area contributed by atoms with Gasteiger partial charge in [0.15, 0.2) is 11.6 Å². The molecule has 0 amide bonds. The maximum absolute atomic E-state index is 13.9. The molecular formula is C18H14F3N5. The molecule has 1 fully saturated rings. The maximum atomic E-state index is 13.9. The van der Waals surface area contributed by atoms with Crippen molar-refractivity contribution in [3.63, 3.8) is 0 Å². The van der Waals surface area contributed by atoms with Crippen molar-refractivity contribution >= 4 is 17.5 Å². The number of aromatic nitrogens is 3. The second kappa shape index (κ2) is 6.62. The Hall–Kier alpha value is -3.16. The van der Waals surface area contributed by atoms with E-state index in [2.05, 4.69) is 25.6 Å². The lowest BCUT2D eigenvalue weighted by Gasteiger charge is -2.12. The van der Waals surface area contributed by atoms with Gasteiger partial charge in [-0.3, -0.25) is 4.98 Å². The van der Waals surface area contributed by atoms with Crippen LogP contribution < -0.4 is 10.6 Å². The van der Waals surface area contributed by atoms with Gasteiger partial charge in [0.05, 0.1) is 5.69 Å². The molecule has 4 rings (SSSR count). The number of hydrogen-bond acceptors (Lipinski definition) is 5. The van der Waals surface area contributed by atoms with Crippen LogP contribution in [0.15, 0.2) is 42.7 Å². The van der Waals surface area contributed by atoms with E-state index < -0.39 is 23.1 Å². The zero-order valence-corrected chi connectivity index (χ0v) is 13.5. The Morgan fingerprint density at radius 3 is 2.42 bits per heavy atom. The predicted octanol–water partition coefficient (Wildman–Crippen LogP) is 4.27. The highest BCUT2D eigenvalue weighted by Crippen LogP contribution is 2.29. The van der Waals surface area contributed by atoms with E-state index in [1.807, 2.05) is 6.07 Å². The van der Waals surface area contributed by atoms with E-state index in [1.54, 1.807) is 24.5 Å². The van der Waals surface area contributed by atoms with Gasteiger partial charge in [-0.15, -0.1) is 0 Å². The molecule has 0 unspecified atom stereocenters. The number of rotatable bonds is 5. The molecule has 0 bridgehead atoms. The van der Waals surface area contributed by atoms with E-state index in [-0.39, 0.29) is 5.82 Å². The Morgan fingerprint density at radius 2 is 1.77 bits per heavy atom. The van der Waals surface area contributed by atoms with Gasteiger partial charge in [0, 0.05) is 42.2 Å². The molecule has 0 radical (unpaired) electrons. The van der Waals surface area contributed by atoms with Crippen molar-refractivity contribution in [3.8, 4) is 11.3 Å². The number of nitrogens with one attached hydrogen (secondary N) is 2. The largest absolute Gasteiger partial charge is 0.351 e. The maximum Gasteiger partial charge on any atom is 0.225 e. The topological polar surface area (TPSA) is 62.7 Å². The van der Waals surface area contributed by atoms with Crippen molar-refractivity contribution in [3.05, 3.63) is 60.2 Å². The first kappa shape index (κ1) is 16.3. The van der Waals surface area contributed by atoms with Crippen LogP contribution >= 0.6 is 0 Å².